The Balaban J connectivity index is 1.49. The normalized spacial score (nSPS) is 11.0. The third kappa shape index (κ3) is 3.70. The Bertz CT molecular complexity index is 1070. The summed E-state index contributed by atoms with van der Waals surface area (Å²) in [5.74, 6) is 0. The number of rotatable bonds is 4. The Morgan fingerprint density at radius 3 is 2.50 bits per heavy atom. The lowest BCUT2D eigenvalue weighted by atomic mass is 10.2. The summed E-state index contributed by atoms with van der Waals surface area (Å²) in [5, 5.41) is 5.60. The van der Waals surface area contributed by atoms with E-state index in [0.717, 1.165) is 27.3 Å². The standard InChI is InChI=1S/C21H16Cl2N2S/c1-13-2-9-19-20(10-13)26-21(25-19)15-4-6-16(7-5-15)24-12-14-3-8-17(22)18(23)11-14/h2-11,24H,12H2,1H3. The minimum Gasteiger partial charge on any atom is -0.381 e. The predicted octanol–water partition coefficient (Wildman–Crippen LogP) is 7.19. The first-order valence-electron chi connectivity index (χ1n) is 8.24. The predicted molar refractivity (Wildman–Crippen MR) is 114 cm³/mol. The van der Waals surface area contributed by atoms with Gasteiger partial charge in [0.1, 0.15) is 5.01 Å². The van der Waals surface area contributed by atoms with Gasteiger partial charge in [-0.1, -0.05) is 35.3 Å². The van der Waals surface area contributed by atoms with Crippen molar-refractivity contribution in [2.24, 2.45) is 0 Å². The van der Waals surface area contributed by atoms with E-state index in [9.17, 15) is 0 Å². The van der Waals surface area contributed by atoms with Gasteiger partial charge in [-0.2, -0.15) is 0 Å². The van der Waals surface area contributed by atoms with Crippen molar-refractivity contribution in [3.63, 3.8) is 0 Å². The Kier molecular flexibility index (Phi) is 4.86. The van der Waals surface area contributed by atoms with Crippen LogP contribution in [-0.4, -0.2) is 4.98 Å². The third-order valence-corrected chi connectivity index (χ3v) is 5.96. The lowest BCUT2D eigenvalue weighted by molar-refractivity contribution is 1.15. The molecule has 0 aliphatic rings. The Hall–Kier alpha value is -2.07. The number of benzene rings is 3. The van der Waals surface area contributed by atoms with Crippen molar-refractivity contribution in [2.45, 2.75) is 13.5 Å². The number of nitrogens with one attached hydrogen (secondary N) is 1. The van der Waals surface area contributed by atoms with E-state index in [-0.39, 0.29) is 0 Å². The van der Waals surface area contributed by atoms with Crippen LogP contribution in [0.15, 0.2) is 60.7 Å². The summed E-state index contributed by atoms with van der Waals surface area (Å²) >= 11 is 13.7. The van der Waals surface area contributed by atoms with E-state index in [1.54, 1.807) is 11.3 Å². The average Bonchev–Trinajstić information content (AvgIpc) is 3.06. The zero-order valence-corrected chi connectivity index (χ0v) is 16.4. The summed E-state index contributed by atoms with van der Waals surface area (Å²) in [7, 11) is 0. The van der Waals surface area contributed by atoms with Gasteiger partial charge in [0.25, 0.3) is 0 Å². The molecule has 0 spiro atoms. The molecule has 26 heavy (non-hydrogen) atoms. The van der Waals surface area contributed by atoms with Crippen LogP contribution >= 0.6 is 34.5 Å². The van der Waals surface area contributed by atoms with Crippen LogP contribution in [-0.2, 0) is 6.54 Å². The molecular formula is C21H16Cl2N2S. The largest absolute Gasteiger partial charge is 0.381 e. The van der Waals surface area contributed by atoms with Gasteiger partial charge in [0, 0.05) is 17.8 Å². The highest BCUT2D eigenvalue weighted by atomic mass is 35.5. The van der Waals surface area contributed by atoms with Gasteiger partial charge in [0.2, 0.25) is 0 Å². The van der Waals surface area contributed by atoms with Crippen LogP contribution in [0.25, 0.3) is 20.8 Å². The molecule has 1 heterocycles. The summed E-state index contributed by atoms with van der Waals surface area (Å²) in [4.78, 5) is 4.74. The van der Waals surface area contributed by atoms with Crippen LogP contribution < -0.4 is 5.32 Å². The third-order valence-electron chi connectivity index (χ3n) is 4.16. The van der Waals surface area contributed by atoms with Gasteiger partial charge in [-0.05, 0) is 66.6 Å². The van der Waals surface area contributed by atoms with Crippen LogP contribution in [0.4, 0.5) is 5.69 Å². The zero-order chi connectivity index (χ0) is 18.1. The number of thiazole rings is 1. The smallest absolute Gasteiger partial charge is 0.124 e. The van der Waals surface area contributed by atoms with E-state index >= 15 is 0 Å². The zero-order valence-electron chi connectivity index (χ0n) is 14.1. The SMILES string of the molecule is Cc1ccc2nc(-c3ccc(NCc4ccc(Cl)c(Cl)c4)cc3)sc2c1. The topological polar surface area (TPSA) is 24.9 Å². The molecule has 0 unspecified atom stereocenters. The first-order chi connectivity index (χ1) is 12.6. The fraction of sp³-hybridized carbons (Fsp3) is 0.0952. The molecule has 0 aliphatic carbocycles. The average molecular weight is 399 g/mol. The molecule has 5 heteroatoms. The second kappa shape index (κ2) is 7.28. The molecular weight excluding hydrogens is 383 g/mol. The molecule has 1 aromatic heterocycles. The van der Waals surface area contributed by atoms with Crippen molar-refractivity contribution in [3.8, 4) is 10.6 Å². The molecule has 0 radical (unpaired) electrons. The molecule has 4 rings (SSSR count). The highest BCUT2D eigenvalue weighted by molar-refractivity contribution is 7.21. The molecule has 0 saturated carbocycles. The van der Waals surface area contributed by atoms with Crippen molar-refractivity contribution < 1.29 is 0 Å². The summed E-state index contributed by atoms with van der Waals surface area (Å²) in [5.41, 5.74) is 5.58. The van der Waals surface area contributed by atoms with Crippen molar-refractivity contribution in [1.29, 1.82) is 0 Å². The van der Waals surface area contributed by atoms with Gasteiger partial charge in [0.15, 0.2) is 0 Å². The summed E-state index contributed by atoms with van der Waals surface area (Å²) in [6.07, 6.45) is 0. The number of aromatic nitrogens is 1. The number of fused-ring (bicyclic) bond motifs is 1. The summed E-state index contributed by atoms with van der Waals surface area (Å²) in [6, 6.07) is 20.4. The van der Waals surface area contributed by atoms with Gasteiger partial charge in [-0.25, -0.2) is 4.98 Å². The number of aryl methyl sites for hydroxylation is 1. The first kappa shape index (κ1) is 17.3. The Morgan fingerprint density at radius 1 is 0.923 bits per heavy atom. The molecule has 0 atom stereocenters. The van der Waals surface area contributed by atoms with Crippen molar-refractivity contribution in [1.82, 2.24) is 4.98 Å². The van der Waals surface area contributed by atoms with Crippen LogP contribution in [0.5, 0.6) is 0 Å². The number of halogens is 2. The maximum absolute atomic E-state index is 6.06. The maximum Gasteiger partial charge on any atom is 0.124 e. The van der Waals surface area contributed by atoms with E-state index in [0.29, 0.717) is 16.6 Å². The maximum atomic E-state index is 6.06. The molecule has 0 bridgehead atoms. The molecule has 1 N–H and O–H groups in total. The van der Waals surface area contributed by atoms with E-state index < -0.39 is 0 Å². The molecule has 0 fully saturated rings. The monoisotopic (exact) mass is 398 g/mol. The van der Waals surface area contributed by atoms with E-state index in [1.165, 1.54) is 10.3 Å². The van der Waals surface area contributed by atoms with Crippen LogP contribution in [0.3, 0.4) is 0 Å². The summed E-state index contributed by atoms with van der Waals surface area (Å²) in [6.45, 7) is 2.80. The lowest BCUT2D eigenvalue weighted by Gasteiger charge is -2.08. The van der Waals surface area contributed by atoms with Crippen LogP contribution in [0, 0.1) is 6.92 Å². The quantitative estimate of drug-likeness (QED) is 0.393. The van der Waals surface area contributed by atoms with E-state index in [1.807, 2.05) is 18.2 Å². The van der Waals surface area contributed by atoms with Crippen molar-refractivity contribution >= 4 is 50.4 Å². The van der Waals surface area contributed by atoms with Gasteiger partial charge >= 0.3 is 0 Å². The van der Waals surface area contributed by atoms with Gasteiger partial charge in [-0.15, -0.1) is 11.3 Å². The molecule has 0 aliphatic heterocycles. The molecule has 3 aromatic carbocycles. The van der Waals surface area contributed by atoms with Crippen LogP contribution in [0.2, 0.25) is 10.0 Å². The number of nitrogens with zero attached hydrogens (tertiary/aromatic N) is 1. The fourth-order valence-electron chi connectivity index (χ4n) is 2.74. The van der Waals surface area contributed by atoms with E-state index in [4.69, 9.17) is 28.2 Å². The van der Waals surface area contributed by atoms with Gasteiger partial charge in [-0.3, -0.25) is 0 Å². The number of hydrogen-bond acceptors (Lipinski definition) is 3. The Labute approximate surface area is 166 Å². The molecule has 0 amide bonds. The minimum absolute atomic E-state index is 0.575. The highest BCUT2D eigenvalue weighted by Crippen LogP contribution is 2.31. The minimum atomic E-state index is 0.575. The van der Waals surface area contributed by atoms with E-state index in [2.05, 4.69) is 54.7 Å². The summed E-state index contributed by atoms with van der Waals surface area (Å²) < 4.78 is 1.22. The van der Waals surface area contributed by atoms with Gasteiger partial charge in [0.05, 0.1) is 20.3 Å². The van der Waals surface area contributed by atoms with Crippen LogP contribution in [0.1, 0.15) is 11.1 Å². The molecule has 4 aromatic rings. The first-order valence-corrected chi connectivity index (χ1v) is 9.81. The molecule has 2 nitrogen and oxygen atoms in total. The molecule has 130 valence electrons. The highest BCUT2D eigenvalue weighted by Gasteiger charge is 2.07. The second-order valence-corrected chi connectivity index (χ2v) is 8.01. The van der Waals surface area contributed by atoms with Crippen molar-refractivity contribution in [2.75, 3.05) is 5.32 Å². The second-order valence-electron chi connectivity index (χ2n) is 6.17. The fourth-order valence-corrected chi connectivity index (χ4v) is 4.13. The van der Waals surface area contributed by atoms with Crippen molar-refractivity contribution in [3.05, 3.63) is 81.8 Å². The number of hydrogen-bond donors (Lipinski definition) is 1. The lowest BCUT2D eigenvalue weighted by Crippen LogP contribution is -1.99. The Morgan fingerprint density at radius 2 is 1.73 bits per heavy atom. The number of anilines is 1. The van der Waals surface area contributed by atoms with Gasteiger partial charge < -0.3 is 5.32 Å². The molecule has 0 saturated heterocycles.